The van der Waals surface area contributed by atoms with Crippen molar-refractivity contribution >= 4 is 0 Å². The largest absolute Gasteiger partial charge is 0.461 e. The average molecular weight is 340 g/mol. The van der Waals surface area contributed by atoms with Crippen molar-refractivity contribution in [3.63, 3.8) is 0 Å². The SMILES string of the molecule is C1=C(C2CCCCC2NCCc2nc(-c3ccco3)n[nH]2)CCCC1. The van der Waals surface area contributed by atoms with Crippen LogP contribution in [0.15, 0.2) is 34.5 Å². The first-order valence-electron chi connectivity index (χ1n) is 9.77. The number of aromatic amines is 1. The summed E-state index contributed by atoms with van der Waals surface area (Å²) >= 11 is 0. The molecule has 2 aliphatic rings. The predicted octanol–water partition coefficient (Wildman–Crippen LogP) is 4.26. The molecule has 5 nitrogen and oxygen atoms in total. The van der Waals surface area contributed by atoms with Crippen LogP contribution in [0.1, 0.15) is 57.2 Å². The lowest BCUT2D eigenvalue weighted by Gasteiger charge is -2.35. The molecule has 134 valence electrons. The molecule has 1 saturated carbocycles. The number of rotatable bonds is 6. The lowest BCUT2D eigenvalue weighted by Crippen LogP contribution is -2.40. The fourth-order valence-corrected chi connectivity index (χ4v) is 4.32. The number of hydrogen-bond acceptors (Lipinski definition) is 4. The molecule has 2 atom stereocenters. The third kappa shape index (κ3) is 4.03. The number of nitrogens with zero attached hydrogens (tertiary/aromatic N) is 2. The molecule has 0 amide bonds. The summed E-state index contributed by atoms with van der Waals surface area (Å²) in [6.07, 6.45) is 15.8. The molecular formula is C20H28N4O. The molecule has 0 spiro atoms. The van der Waals surface area contributed by atoms with Gasteiger partial charge in [0.05, 0.1) is 6.26 Å². The van der Waals surface area contributed by atoms with Crippen LogP contribution in [0.3, 0.4) is 0 Å². The molecule has 1 fully saturated rings. The van der Waals surface area contributed by atoms with E-state index in [1.807, 2.05) is 12.1 Å². The second-order valence-corrected chi connectivity index (χ2v) is 7.31. The number of allylic oxidation sites excluding steroid dienone is 1. The van der Waals surface area contributed by atoms with Gasteiger partial charge in [-0.05, 0) is 56.6 Å². The first kappa shape index (κ1) is 16.6. The Morgan fingerprint density at radius 1 is 1.20 bits per heavy atom. The van der Waals surface area contributed by atoms with Gasteiger partial charge in [0.25, 0.3) is 0 Å². The molecule has 0 bridgehead atoms. The summed E-state index contributed by atoms with van der Waals surface area (Å²) in [5, 5.41) is 11.1. The van der Waals surface area contributed by atoms with E-state index in [1.54, 1.807) is 11.8 Å². The summed E-state index contributed by atoms with van der Waals surface area (Å²) in [7, 11) is 0. The molecule has 25 heavy (non-hydrogen) atoms. The van der Waals surface area contributed by atoms with Crippen LogP contribution in [0, 0.1) is 5.92 Å². The maximum atomic E-state index is 5.35. The van der Waals surface area contributed by atoms with Crippen molar-refractivity contribution in [3.8, 4) is 11.6 Å². The van der Waals surface area contributed by atoms with Gasteiger partial charge in [-0.15, -0.1) is 0 Å². The molecule has 2 unspecified atom stereocenters. The van der Waals surface area contributed by atoms with Gasteiger partial charge in [0.2, 0.25) is 5.82 Å². The third-order valence-electron chi connectivity index (χ3n) is 5.61. The van der Waals surface area contributed by atoms with Crippen molar-refractivity contribution < 1.29 is 4.42 Å². The van der Waals surface area contributed by atoms with Crippen LogP contribution >= 0.6 is 0 Å². The van der Waals surface area contributed by atoms with Crippen molar-refractivity contribution in [3.05, 3.63) is 35.9 Å². The van der Waals surface area contributed by atoms with E-state index in [4.69, 9.17) is 4.42 Å². The Bertz CT molecular complexity index is 688. The molecule has 0 saturated heterocycles. The van der Waals surface area contributed by atoms with Crippen LogP contribution in [0.25, 0.3) is 11.6 Å². The van der Waals surface area contributed by atoms with Gasteiger partial charge in [-0.25, -0.2) is 4.98 Å². The van der Waals surface area contributed by atoms with E-state index in [0.29, 0.717) is 17.6 Å². The lowest BCUT2D eigenvalue weighted by atomic mass is 9.76. The van der Waals surface area contributed by atoms with E-state index in [1.165, 1.54) is 51.4 Å². The second-order valence-electron chi connectivity index (χ2n) is 7.31. The Hall–Kier alpha value is -1.88. The van der Waals surface area contributed by atoms with Crippen LogP contribution in [-0.2, 0) is 6.42 Å². The summed E-state index contributed by atoms with van der Waals surface area (Å²) in [4.78, 5) is 4.53. The van der Waals surface area contributed by atoms with Gasteiger partial charge in [-0.1, -0.05) is 24.5 Å². The normalized spacial score (nSPS) is 24.2. The quantitative estimate of drug-likeness (QED) is 0.771. The molecule has 5 heteroatoms. The van der Waals surface area contributed by atoms with E-state index in [-0.39, 0.29) is 0 Å². The zero-order valence-electron chi connectivity index (χ0n) is 14.8. The Balaban J connectivity index is 1.31. The van der Waals surface area contributed by atoms with Gasteiger partial charge in [-0.2, -0.15) is 5.10 Å². The fourth-order valence-electron chi connectivity index (χ4n) is 4.32. The van der Waals surface area contributed by atoms with Crippen molar-refractivity contribution in [2.75, 3.05) is 6.54 Å². The zero-order chi connectivity index (χ0) is 16.9. The van der Waals surface area contributed by atoms with E-state index < -0.39 is 0 Å². The molecule has 2 aromatic heterocycles. The molecule has 2 aliphatic carbocycles. The maximum absolute atomic E-state index is 5.35. The number of furan rings is 1. The molecule has 0 radical (unpaired) electrons. The number of H-pyrrole nitrogens is 1. The summed E-state index contributed by atoms with van der Waals surface area (Å²) in [5.74, 6) is 3.03. The van der Waals surface area contributed by atoms with Crippen LogP contribution < -0.4 is 5.32 Å². The lowest BCUT2D eigenvalue weighted by molar-refractivity contribution is 0.288. The summed E-state index contributed by atoms with van der Waals surface area (Å²) in [6, 6.07) is 4.37. The highest BCUT2D eigenvalue weighted by Crippen LogP contribution is 2.35. The highest BCUT2D eigenvalue weighted by molar-refractivity contribution is 5.45. The van der Waals surface area contributed by atoms with Gasteiger partial charge in [0.15, 0.2) is 5.76 Å². The molecule has 2 heterocycles. The molecule has 2 aromatic rings. The zero-order valence-corrected chi connectivity index (χ0v) is 14.8. The van der Waals surface area contributed by atoms with Gasteiger partial charge >= 0.3 is 0 Å². The standard InChI is InChI=1S/C20H28N4O/c1-2-7-15(8-3-1)16-9-4-5-10-17(16)21-13-12-19-22-20(24-23-19)18-11-6-14-25-18/h6-7,11,14,16-17,21H,1-5,8-10,12-13H2,(H,22,23,24). The molecule has 4 rings (SSSR count). The second kappa shape index (κ2) is 8.00. The molecule has 0 aromatic carbocycles. The van der Waals surface area contributed by atoms with Gasteiger partial charge in [0, 0.05) is 19.0 Å². The molecule has 0 aliphatic heterocycles. The van der Waals surface area contributed by atoms with E-state index in [0.717, 1.165) is 24.7 Å². The minimum Gasteiger partial charge on any atom is -0.461 e. The highest BCUT2D eigenvalue weighted by atomic mass is 16.3. The van der Waals surface area contributed by atoms with E-state index >= 15 is 0 Å². The van der Waals surface area contributed by atoms with Crippen molar-refractivity contribution in [1.29, 1.82) is 0 Å². The number of aromatic nitrogens is 3. The topological polar surface area (TPSA) is 66.7 Å². The first-order valence-corrected chi connectivity index (χ1v) is 9.77. The van der Waals surface area contributed by atoms with E-state index in [2.05, 4.69) is 26.6 Å². The fraction of sp³-hybridized carbons (Fsp3) is 0.600. The van der Waals surface area contributed by atoms with Gasteiger partial charge in [0.1, 0.15) is 5.82 Å². The Morgan fingerprint density at radius 2 is 2.16 bits per heavy atom. The minimum atomic E-state index is 0.630. The molecule has 2 N–H and O–H groups in total. The van der Waals surface area contributed by atoms with Gasteiger partial charge in [-0.3, -0.25) is 5.10 Å². The Kier molecular flexibility index (Phi) is 5.31. The Labute approximate surface area is 149 Å². The summed E-state index contributed by atoms with van der Waals surface area (Å²) in [6.45, 7) is 0.946. The van der Waals surface area contributed by atoms with Crippen LogP contribution in [-0.4, -0.2) is 27.8 Å². The van der Waals surface area contributed by atoms with Gasteiger partial charge < -0.3 is 9.73 Å². The monoisotopic (exact) mass is 340 g/mol. The van der Waals surface area contributed by atoms with E-state index in [9.17, 15) is 0 Å². The first-order chi connectivity index (χ1) is 12.4. The average Bonchev–Trinajstić information content (AvgIpc) is 3.35. The number of hydrogen-bond donors (Lipinski definition) is 2. The van der Waals surface area contributed by atoms with Crippen LogP contribution in [0.4, 0.5) is 0 Å². The van der Waals surface area contributed by atoms with Crippen molar-refractivity contribution in [2.24, 2.45) is 5.92 Å². The summed E-state index contributed by atoms with van der Waals surface area (Å²) in [5.41, 5.74) is 1.73. The molecular weight excluding hydrogens is 312 g/mol. The predicted molar refractivity (Wildman–Crippen MR) is 98.1 cm³/mol. The highest BCUT2D eigenvalue weighted by Gasteiger charge is 2.28. The van der Waals surface area contributed by atoms with Crippen molar-refractivity contribution in [1.82, 2.24) is 20.5 Å². The van der Waals surface area contributed by atoms with Crippen molar-refractivity contribution in [2.45, 2.75) is 63.8 Å². The summed E-state index contributed by atoms with van der Waals surface area (Å²) < 4.78 is 5.35. The van der Waals surface area contributed by atoms with Crippen LogP contribution in [0.2, 0.25) is 0 Å². The maximum Gasteiger partial charge on any atom is 0.216 e. The smallest absolute Gasteiger partial charge is 0.216 e. The van der Waals surface area contributed by atoms with Crippen LogP contribution in [0.5, 0.6) is 0 Å². The minimum absolute atomic E-state index is 0.630. The number of nitrogens with one attached hydrogen (secondary N) is 2. The Morgan fingerprint density at radius 3 is 3.00 bits per heavy atom. The third-order valence-corrected chi connectivity index (χ3v) is 5.61.